The molecule has 1 aromatic carbocycles. The third-order valence-electron chi connectivity index (χ3n) is 3.87. The molecule has 2 aromatic heterocycles. The lowest BCUT2D eigenvalue weighted by atomic mass is 10.1. The Hall–Kier alpha value is -1.83. The Balaban J connectivity index is 2.08. The predicted octanol–water partition coefficient (Wildman–Crippen LogP) is 4.32. The summed E-state index contributed by atoms with van der Waals surface area (Å²) in [5.41, 5.74) is 4.54. The Morgan fingerprint density at radius 3 is 2.67 bits per heavy atom. The van der Waals surface area contributed by atoms with Gasteiger partial charge in [-0.15, -0.1) is 0 Å². The van der Waals surface area contributed by atoms with Gasteiger partial charge in [-0.1, -0.05) is 44.2 Å². The van der Waals surface area contributed by atoms with Gasteiger partial charge in [0.2, 0.25) is 0 Å². The van der Waals surface area contributed by atoms with E-state index in [1.165, 1.54) is 5.56 Å². The number of carbonyl (C=O) groups is 1. The number of nitrogens with zero attached hydrogens (tertiary/aromatic N) is 2. The van der Waals surface area contributed by atoms with E-state index >= 15 is 0 Å². The van der Waals surface area contributed by atoms with Crippen LogP contribution in [-0.2, 0) is 11.3 Å². The lowest BCUT2D eigenvalue weighted by Gasteiger charge is -2.11. The second kappa shape index (κ2) is 6.96. The van der Waals surface area contributed by atoms with Gasteiger partial charge < -0.3 is 9.72 Å². The number of ether oxygens (including phenoxy) is 1. The Bertz CT molecular complexity index is 865. The normalized spacial score (nSPS) is 11.4. The number of rotatable bonds is 5. The van der Waals surface area contributed by atoms with Gasteiger partial charge in [0, 0.05) is 0 Å². The Kier molecular flexibility index (Phi) is 4.93. The summed E-state index contributed by atoms with van der Waals surface area (Å²) in [5, 5.41) is 4.76. The molecule has 5 nitrogen and oxygen atoms in total. The molecular weight excluding hydrogens is 417 g/mol. The van der Waals surface area contributed by atoms with Gasteiger partial charge >= 0.3 is 5.97 Å². The molecule has 24 heavy (non-hydrogen) atoms. The topological polar surface area (TPSA) is 59.9 Å². The largest absolute Gasteiger partial charge is 0.461 e. The summed E-state index contributed by atoms with van der Waals surface area (Å²) >= 11 is 2.17. The predicted molar refractivity (Wildman–Crippen MR) is 102 cm³/mol. The van der Waals surface area contributed by atoms with Gasteiger partial charge in [-0.2, -0.15) is 5.10 Å². The minimum Gasteiger partial charge on any atom is -0.461 e. The van der Waals surface area contributed by atoms with E-state index in [0.29, 0.717) is 18.8 Å². The summed E-state index contributed by atoms with van der Waals surface area (Å²) in [7, 11) is 0. The molecule has 0 aliphatic heterocycles. The molecule has 0 amide bonds. The van der Waals surface area contributed by atoms with Crippen molar-refractivity contribution in [3.05, 3.63) is 50.9 Å². The van der Waals surface area contributed by atoms with E-state index < -0.39 is 0 Å². The summed E-state index contributed by atoms with van der Waals surface area (Å²) in [4.78, 5) is 15.3. The van der Waals surface area contributed by atoms with Crippen molar-refractivity contribution in [3.63, 3.8) is 0 Å². The summed E-state index contributed by atoms with van der Waals surface area (Å²) in [6, 6.07) is 10.3. The molecule has 0 spiro atoms. The van der Waals surface area contributed by atoms with Gasteiger partial charge in [-0.3, -0.25) is 4.68 Å². The van der Waals surface area contributed by atoms with E-state index in [2.05, 4.69) is 53.6 Å². The summed E-state index contributed by atoms with van der Waals surface area (Å²) < 4.78 is 7.97. The summed E-state index contributed by atoms with van der Waals surface area (Å²) in [5.74, 6) is -0.0487. The van der Waals surface area contributed by atoms with E-state index in [4.69, 9.17) is 9.84 Å². The van der Waals surface area contributed by atoms with E-state index in [9.17, 15) is 4.79 Å². The van der Waals surface area contributed by atoms with E-state index in [-0.39, 0.29) is 11.9 Å². The van der Waals surface area contributed by atoms with Crippen LogP contribution < -0.4 is 0 Å². The number of nitrogens with one attached hydrogen (secondary N) is 1. The number of hydrogen-bond donors (Lipinski definition) is 1. The standard InChI is InChI=1S/C18H20IN3O2/c1-4-24-18(23)15-13(19)14-16(20-15)17(11(2)3)22(21-14)10-12-8-6-5-7-9-12/h5-9,11,20H,4,10H2,1-3H3. The van der Waals surface area contributed by atoms with Crippen LogP contribution >= 0.6 is 22.6 Å². The number of H-pyrrole nitrogens is 1. The summed E-state index contributed by atoms with van der Waals surface area (Å²) in [6.45, 7) is 7.14. The quantitative estimate of drug-likeness (QED) is 0.478. The van der Waals surface area contributed by atoms with Crippen LogP contribution in [-0.4, -0.2) is 27.3 Å². The number of aromatic nitrogens is 3. The van der Waals surface area contributed by atoms with Gasteiger partial charge in [0.25, 0.3) is 0 Å². The first-order valence-corrected chi connectivity index (χ1v) is 9.09. The van der Waals surface area contributed by atoms with Crippen molar-refractivity contribution in [2.24, 2.45) is 0 Å². The molecule has 0 saturated heterocycles. The molecule has 126 valence electrons. The molecule has 0 saturated carbocycles. The van der Waals surface area contributed by atoms with Gasteiger partial charge in [-0.05, 0) is 41.0 Å². The molecule has 1 N–H and O–H groups in total. The minimum atomic E-state index is -0.329. The number of halogens is 1. The highest BCUT2D eigenvalue weighted by molar-refractivity contribution is 14.1. The number of carbonyl (C=O) groups excluding carboxylic acids is 1. The second-order valence-corrected chi connectivity index (χ2v) is 7.02. The van der Waals surface area contributed by atoms with Gasteiger partial charge in [0.1, 0.15) is 11.2 Å². The zero-order valence-corrected chi connectivity index (χ0v) is 16.1. The maximum Gasteiger partial charge on any atom is 0.355 e. The van der Waals surface area contributed by atoms with Crippen molar-refractivity contribution in [1.82, 2.24) is 14.8 Å². The van der Waals surface area contributed by atoms with Crippen LogP contribution in [0.2, 0.25) is 0 Å². The zero-order valence-electron chi connectivity index (χ0n) is 14.0. The van der Waals surface area contributed by atoms with Gasteiger partial charge in [-0.25, -0.2) is 4.79 Å². The SMILES string of the molecule is CCOC(=O)c1[nH]c2c(C(C)C)n(Cc3ccccc3)nc2c1I. The molecule has 3 aromatic rings. The number of hydrogen-bond acceptors (Lipinski definition) is 3. The molecule has 0 aliphatic rings. The van der Waals surface area contributed by atoms with Crippen LogP contribution in [0.4, 0.5) is 0 Å². The fourth-order valence-electron chi connectivity index (χ4n) is 2.86. The highest BCUT2D eigenvalue weighted by Crippen LogP contribution is 2.31. The average Bonchev–Trinajstić information content (AvgIpc) is 3.05. The molecule has 0 radical (unpaired) electrons. The Labute approximate surface area is 154 Å². The maximum atomic E-state index is 12.1. The van der Waals surface area contributed by atoms with Crippen molar-refractivity contribution in [3.8, 4) is 0 Å². The van der Waals surface area contributed by atoms with Crippen LogP contribution in [0, 0.1) is 3.57 Å². The third-order valence-corrected chi connectivity index (χ3v) is 4.92. The first-order valence-electron chi connectivity index (χ1n) is 8.01. The monoisotopic (exact) mass is 437 g/mol. The fourth-order valence-corrected chi connectivity index (χ4v) is 3.59. The van der Waals surface area contributed by atoms with E-state index in [1.54, 1.807) is 6.92 Å². The molecule has 0 fully saturated rings. The van der Waals surface area contributed by atoms with Crippen molar-refractivity contribution in [2.45, 2.75) is 33.2 Å². The van der Waals surface area contributed by atoms with Crippen LogP contribution in [0.3, 0.4) is 0 Å². The number of benzene rings is 1. The van der Waals surface area contributed by atoms with Crippen LogP contribution in [0.15, 0.2) is 30.3 Å². The molecule has 6 heteroatoms. The van der Waals surface area contributed by atoms with Crippen LogP contribution in [0.25, 0.3) is 11.0 Å². The molecule has 0 unspecified atom stereocenters. The Morgan fingerprint density at radius 2 is 2.04 bits per heavy atom. The van der Waals surface area contributed by atoms with Crippen molar-refractivity contribution in [1.29, 1.82) is 0 Å². The minimum absolute atomic E-state index is 0.281. The lowest BCUT2D eigenvalue weighted by molar-refractivity contribution is 0.0519. The Morgan fingerprint density at radius 1 is 1.33 bits per heavy atom. The van der Waals surface area contributed by atoms with Crippen LogP contribution in [0.1, 0.15) is 48.4 Å². The summed E-state index contributed by atoms with van der Waals surface area (Å²) in [6.07, 6.45) is 0. The molecule has 3 rings (SSSR count). The highest BCUT2D eigenvalue weighted by Gasteiger charge is 2.24. The number of esters is 1. The van der Waals surface area contributed by atoms with Gasteiger partial charge in [0.05, 0.1) is 27.9 Å². The molecule has 2 heterocycles. The fraction of sp³-hybridized carbons (Fsp3) is 0.333. The van der Waals surface area contributed by atoms with Crippen molar-refractivity contribution >= 4 is 39.6 Å². The smallest absolute Gasteiger partial charge is 0.355 e. The van der Waals surface area contributed by atoms with Gasteiger partial charge in [0.15, 0.2) is 0 Å². The first-order chi connectivity index (χ1) is 11.5. The molecule has 0 aliphatic carbocycles. The second-order valence-electron chi connectivity index (χ2n) is 5.94. The van der Waals surface area contributed by atoms with Crippen LogP contribution in [0.5, 0.6) is 0 Å². The third kappa shape index (κ3) is 3.07. The highest BCUT2D eigenvalue weighted by atomic mass is 127. The molecule has 0 bridgehead atoms. The lowest BCUT2D eigenvalue weighted by Crippen LogP contribution is -2.10. The zero-order chi connectivity index (χ0) is 17.3. The van der Waals surface area contributed by atoms with E-state index in [0.717, 1.165) is 20.3 Å². The number of aromatic amines is 1. The molecular formula is C18H20IN3O2. The first kappa shape index (κ1) is 17.0. The average molecular weight is 437 g/mol. The maximum absolute atomic E-state index is 12.1. The van der Waals surface area contributed by atoms with Crippen molar-refractivity contribution in [2.75, 3.05) is 6.61 Å². The molecule has 0 atom stereocenters. The van der Waals surface area contributed by atoms with Crippen molar-refractivity contribution < 1.29 is 9.53 Å². The van der Waals surface area contributed by atoms with E-state index in [1.807, 2.05) is 22.9 Å². The number of fused-ring (bicyclic) bond motifs is 1.